The van der Waals surface area contributed by atoms with Crippen molar-refractivity contribution in [2.75, 3.05) is 19.6 Å². The van der Waals surface area contributed by atoms with E-state index < -0.39 is 14.9 Å². The van der Waals surface area contributed by atoms with Crippen molar-refractivity contribution in [3.05, 3.63) is 33.9 Å². The molecule has 0 aliphatic carbocycles. The third kappa shape index (κ3) is 3.78. The highest BCUT2D eigenvalue weighted by molar-refractivity contribution is 7.89. The topological polar surface area (TPSA) is 101 Å². The van der Waals surface area contributed by atoms with Crippen LogP contribution >= 0.6 is 0 Å². The second kappa shape index (κ2) is 6.50. The third-order valence-electron chi connectivity index (χ3n) is 3.66. The number of sulfonamides is 1. The van der Waals surface area contributed by atoms with Gasteiger partial charge < -0.3 is 5.32 Å². The van der Waals surface area contributed by atoms with E-state index in [1.54, 1.807) is 13.0 Å². The molecule has 116 valence electrons. The molecule has 1 aromatic carbocycles. The molecule has 1 aromatic rings. The van der Waals surface area contributed by atoms with Crippen molar-refractivity contribution < 1.29 is 13.3 Å². The number of benzene rings is 1. The number of rotatable bonds is 6. The van der Waals surface area contributed by atoms with E-state index in [9.17, 15) is 18.5 Å². The van der Waals surface area contributed by atoms with Gasteiger partial charge in [-0.25, -0.2) is 13.1 Å². The van der Waals surface area contributed by atoms with E-state index in [0.717, 1.165) is 25.9 Å². The zero-order valence-electron chi connectivity index (χ0n) is 11.8. The molecule has 0 bridgehead atoms. The van der Waals surface area contributed by atoms with Gasteiger partial charge in [0.05, 0.1) is 4.92 Å². The maximum Gasteiger partial charge on any atom is 0.289 e. The van der Waals surface area contributed by atoms with Crippen LogP contribution in [0.5, 0.6) is 0 Å². The van der Waals surface area contributed by atoms with Crippen molar-refractivity contribution >= 4 is 15.7 Å². The standard InChI is InChI=1S/C13H19N3O4S/c1-10-3-2-4-12(16(17)18)13(10)21(19,20)15-8-6-11-5-7-14-9-11/h2-4,11,14-15H,5-9H2,1H3. The third-order valence-corrected chi connectivity index (χ3v) is 5.32. The molecule has 1 fully saturated rings. The average molecular weight is 313 g/mol. The van der Waals surface area contributed by atoms with E-state index in [2.05, 4.69) is 10.0 Å². The molecule has 8 heteroatoms. The summed E-state index contributed by atoms with van der Waals surface area (Å²) in [7, 11) is -3.87. The van der Waals surface area contributed by atoms with Crippen molar-refractivity contribution in [1.82, 2.24) is 10.0 Å². The van der Waals surface area contributed by atoms with Gasteiger partial charge in [0.2, 0.25) is 10.0 Å². The van der Waals surface area contributed by atoms with Crippen LogP contribution in [0.1, 0.15) is 18.4 Å². The molecule has 1 atom stereocenters. The summed E-state index contributed by atoms with van der Waals surface area (Å²) < 4.78 is 27.1. The summed E-state index contributed by atoms with van der Waals surface area (Å²) in [4.78, 5) is 10.1. The molecule has 21 heavy (non-hydrogen) atoms. The minimum absolute atomic E-state index is 0.237. The maximum atomic E-state index is 12.3. The molecule has 1 unspecified atom stereocenters. The Morgan fingerprint density at radius 3 is 2.86 bits per heavy atom. The molecule has 2 rings (SSSR count). The monoisotopic (exact) mass is 313 g/mol. The molecule has 1 heterocycles. The second-order valence-corrected chi connectivity index (χ2v) is 6.93. The predicted octanol–water partition coefficient (Wildman–Crippen LogP) is 1.18. The van der Waals surface area contributed by atoms with Crippen molar-refractivity contribution in [2.24, 2.45) is 5.92 Å². The van der Waals surface area contributed by atoms with Crippen LogP contribution in [0.3, 0.4) is 0 Å². The second-order valence-electron chi connectivity index (χ2n) is 5.23. The summed E-state index contributed by atoms with van der Waals surface area (Å²) in [5.41, 5.74) is -0.00994. The first-order valence-corrected chi connectivity index (χ1v) is 8.34. The minimum atomic E-state index is -3.87. The zero-order valence-corrected chi connectivity index (χ0v) is 12.6. The lowest BCUT2D eigenvalue weighted by molar-refractivity contribution is -0.387. The van der Waals surface area contributed by atoms with Gasteiger partial charge >= 0.3 is 0 Å². The Bertz CT molecular complexity index is 624. The van der Waals surface area contributed by atoms with Crippen LogP contribution in [0, 0.1) is 23.0 Å². The van der Waals surface area contributed by atoms with Crippen LogP contribution < -0.4 is 10.0 Å². The van der Waals surface area contributed by atoms with Crippen molar-refractivity contribution in [3.63, 3.8) is 0 Å². The molecule has 1 saturated heterocycles. The normalized spacial score (nSPS) is 18.8. The van der Waals surface area contributed by atoms with Crippen LogP contribution in [0.4, 0.5) is 5.69 Å². The van der Waals surface area contributed by atoms with E-state index in [1.165, 1.54) is 12.1 Å². The van der Waals surface area contributed by atoms with E-state index in [-0.39, 0.29) is 10.6 Å². The molecule has 7 nitrogen and oxygen atoms in total. The maximum absolute atomic E-state index is 12.3. The van der Waals surface area contributed by atoms with E-state index >= 15 is 0 Å². The van der Waals surface area contributed by atoms with Crippen molar-refractivity contribution in [2.45, 2.75) is 24.7 Å². The predicted molar refractivity (Wildman–Crippen MR) is 78.6 cm³/mol. The van der Waals surface area contributed by atoms with Crippen LogP contribution in [-0.4, -0.2) is 33.0 Å². The summed E-state index contributed by atoms with van der Waals surface area (Å²) in [5, 5.41) is 14.2. The molecular weight excluding hydrogens is 294 g/mol. The van der Waals surface area contributed by atoms with E-state index in [1.807, 2.05) is 0 Å². The van der Waals surface area contributed by atoms with Gasteiger partial charge in [-0.3, -0.25) is 10.1 Å². The largest absolute Gasteiger partial charge is 0.316 e. The van der Waals surface area contributed by atoms with Crippen LogP contribution in [0.2, 0.25) is 0 Å². The van der Waals surface area contributed by atoms with E-state index in [0.29, 0.717) is 18.0 Å². The number of aryl methyl sites for hydroxylation is 1. The Hall–Kier alpha value is -1.51. The zero-order chi connectivity index (χ0) is 15.5. The van der Waals surface area contributed by atoms with Crippen molar-refractivity contribution in [1.29, 1.82) is 0 Å². The highest BCUT2D eigenvalue weighted by Gasteiger charge is 2.27. The first kappa shape index (κ1) is 15.9. The minimum Gasteiger partial charge on any atom is -0.316 e. The fraction of sp³-hybridized carbons (Fsp3) is 0.538. The highest BCUT2D eigenvalue weighted by Crippen LogP contribution is 2.26. The Morgan fingerprint density at radius 1 is 1.48 bits per heavy atom. The van der Waals surface area contributed by atoms with Crippen LogP contribution in [0.25, 0.3) is 0 Å². The summed E-state index contributed by atoms with van der Waals surface area (Å²) in [6.45, 7) is 3.70. The van der Waals surface area contributed by atoms with Gasteiger partial charge in [-0.2, -0.15) is 0 Å². The number of nitrogens with zero attached hydrogens (tertiary/aromatic N) is 1. The van der Waals surface area contributed by atoms with Gasteiger partial charge in [0.1, 0.15) is 0 Å². The number of nitrogens with one attached hydrogen (secondary N) is 2. The molecule has 1 aliphatic rings. The molecule has 0 saturated carbocycles. The quantitative estimate of drug-likeness (QED) is 0.606. The number of nitro benzene ring substituents is 1. The molecule has 0 radical (unpaired) electrons. The summed E-state index contributed by atoms with van der Waals surface area (Å²) in [6, 6.07) is 4.25. The van der Waals surface area contributed by atoms with Gasteiger partial charge in [0.15, 0.2) is 4.90 Å². The Kier molecular flexibility index (Phi) is 4.92. The summed E-state index contributed by atoms with van der Waals surface area (Å²) in [6.07, 6.45) is 1.76. The highest BCUT2D eigenvalue weighted by atomic mass is 32.2. The SMILES string of the molecule is Cc1cccc([N+](=O)[O-])c1S(=O)(=O)NCCC1CCNC1. The van der Waals surface area contributed by atoms with Gasteiger partial charge in [0.25, 0.3) is 5.69 Å². The molecule has 0 aromatic heterocycles. The van der Waals surface area contributed by atoms with Gasteiger partial charge in [-0.15, -0.1) is 0 Å². The van der Waals surface area contributed by atoms with Crippen LogP contribution in [0.15, 0.2) is 23.1 Å². The number of hydrogen-bond acceptors (Lipinski definition) is 5. The Balaban J connectivity index is 2.13. The first-order valence-electron chi connectivity index (χ1n) is 6.86. The van der Waals surface area contributed by atoms with Crippen LogP contribution in [-0.2, 0) is 10.0 Å². The lowest BCUT2D eigenvalue weighted by atomic mass is 10.1. The molecule has 2 N–H and O–H groups in total. The molecule has 0 spiro atoms. The average Bonchev–Trinajstić information content (AvgIpc) is 2.91. The first-order chi connectivity index (χ1) is 9.92. The Labute approximate surface area is 123 Å². The number of hydrogen-bond donors (Lipinski definition) is 2. The lowest BCUT2D eigenvalue weighted by Gasteiger charge is -2.11. The number of nitro groups is 1. The lowest BCUT2D eigenvalue weighted by Crippen LogP contribution is -2.28. The summed E-state index contributed by atoms with van der Waals surface area (Å²) >= 11 is 0. The van der Waals surface area contributed by atoms with Crippen molar-refractivity contribution in [3.8, 4) is 0 Å². The smallest absolute Gasteiger partial charge is 0.289 e. The van der Waals surface area contributed by atoms with Gasteiger partial charge in [0, 0.05) is 12.6 Å². The van der Waals surface area contributed by atoms with Gasteiger partial charge in [-0.1, -0.05) is 12.1 Å². The molecule has 0 amide bonds. The fourth-order valence-corrected chi connectivity index (χ4v) is 4.00. The molecular formula is C13H19N3O4S. The molecule has 1 aliphatic heterocycles. The van der Waals surface area contributed by atoms with Gasteiger partial charge in [-0.05, 0) is 44.3 Å². The summed E-state index contributed by atoms with van der Waals surface area (Å²) in [5.74, 6) is 0.458. The van der Waals surface area contributed by atoms with E-state index in [4.69, 9.17) is 0 Å². The fourth-order valence-electron chi connectivity index (χ4n) is 2.56. The Morgan fingerprint density at radius 2 is 2.24 bits per heavy atom.